The summed E-state index contributed by atoms with van der Waals surface area (Å²) in [7, 11) is 0. The van der Waals surface area contributed by atoms with Gasteiger partial charge in [-0.3, -0.25) is 9.59 Å². The zero-order valence-corrected chi connectivity index (χ0v) is 9.69. The van der Waals surface area contributed by atoms with E-state index in [4.69, 9.17) is 9.47 Å². The first-order chi connectivity index (χ1) is 8.22. The van der Waals surface area contributed by atoms with Crippen LogP contribution in [0.4, 0.5) is 0 Å². The number of carbonyl (C=O) groups is 2. The van der Waals surface area contributed by atoms with Crippen LogP contribution in [0.3, 0.4) is 0 Å². The zero-order chi connectivity index (χ0) is 12.3. The highest BCUT2D eigenvalue weighted by Gasteiger charge is 2.19. The van der Waals surface area contributed by atoms with Gasteiger partial charge in [-0.2, -0.15) is 0 Å². The van der Waals surface area contributed by atoms with Crippen LogP contribution in [0.2, 0.25) is 0 Å². The van der Waals surface area contributed by atoms with Crippen LogP contribution in [0.25, 0.3) is 0 Å². The number of hydrogen-bond donors (Lipinski definition) is 0. The maximum atomic E-state index is 11.2. The van der Waals surface area contributed by atoms with E-state index < -0.39 is 0 Å². The lowest BCUT2D eigenvalue weighted by Crippen LogP contribution is -2.03. The smallest absolute Gasteiger partial charge is 0.171 e. The molecule has 0 atom stereocenters. The molecule has 1 aliphatic rings. The lowest BCUT2D eigenvalue weighted by atomic mass is 10.0. The average molecular weight is 234 g/mol. The van der Waals surface area contributed by atoms with E-state index in [0.717, 1.165) is 18.3 Å². The maximum absolute atomic E-state index is 11.2. The quantitative estimate of drug-likeness (QED) is 0.748. The number of carbonyl (C=O) groups excluding carboxylic acids is 2. The van der Waals surface area contributed by atoms with E-state index in [1.165, 1.54) is 6.92 Å². The minimum atomic E-state index is 0.0545. The zero-order valence-electron chi connectivity index (χ0n) is 9.69. The normalized spacial score (nSPS) is 13.9. The van der Waals surface area contributed by atoms with E-state index in [2.05, 4.69) is 0 Å². The molecule has 1 aromatic rings. The van der Waals surface area contributed by atoms with Crippen LogP contribution in [0.1, 0.15) is 29.3 Å². The van der Waals surface area contributed by atoms with E-state index >= 15 is 0 Å². The van der Waals surface area contributed by atoms with Crippen LogP contribution in [0, 0.1) is 0 Å². The van der Waals surface area contributed by atoms with Crippen molar-refractivity contribution in [2.75, 3.05) is 13.2 Å². The van der Waals surface area contributed by atoms with Gasteiger partial charge in [-0.25, -0.2) is 0 Å². The second-order valence-corrected chi connectivity index (χ2v) is 4.02. The van der Waals surface area contributed by atoms with Crippen LogP contribution in [0.5, 0.6) is 11.5 Å². The predicted octanol–water partition coefficient (Wildman–Crippen LogP) is 1.79. The lowest BCUT2D eigenvalue weighted by Gasteiger charge is -2.13. The van der Waals surface area contributed by atoms with E-state index in [1.54, 1.807) is 12.1 Å². The number of Topliss-reactive ketones (excluding diaryl/α,β-unsaturated/α-hetero) is 1. The van der Waals surface area contributed by atoms with Gasteiger partial charge in [0.2, 0.25) is 0 Å². The predicted molar refractivity (Wildman–Crippen MR) is 61.8 cm³/mol. The molecule has 0 spiro atoms. The molecule has 1 heterocycles. The minimum Gasteiger partial charge on any atom is -0.489 e. The monoisotopic (exact) mass is 234 g/mol. The Hall–Kier alpha value is -1.84. The van der Waals surface area contributed by atoms with Gasteiger partial charge >= 0.3 is 0 Å². The Morgan fingerprint density at radius 1 is 1.29 bits per heavy atom. The first-order valence-corrected chi connectivity index (χ1v) is 5.58. The van der Waals surface area contributed by atoms with Crippen molar-refractivity contribution < 1.29 is 19.1 Å². The fraction of sp³-hybridized carbons (Fsp3) is 0.385. The molecule has 0 aromatic heterocycles. The van der Waals surface area contributed by atoms with Gasteiger partial charge in [-0.05, 0) is 13.0 Å². The molecular weight excluding hydrogens is 220 g/mol. The van der Waals surface area contributed by atoms with Gasteiger partial charge in [-0.1, -0.05) is 6.07 Å². The van der Waals surface area contributed by atoms with E-state index in [0.29, 0.717) is 36.7 Å². The third-order valence-electron chi connectivity index (χ3n) is 2.57. The van der Waals surface area contributed by atoms with Crippen molar-refractivity contribution >= 4 is 12.1 Å². The number of ketones is 1. The summed E-state index contributed by atoms with van der Waals surface area (Å²) in [5, 5.41) is 0. The van der Waals surface area contributed by atoms with Crippen LogP contribution >= 0.6 is 0 Å². The fourth-order valence-corrected chi connectivity index (χ4v) is 1.83. The van der Waals surface area contributed by atoms with Crippen LogP contribution < -0.4 is 9.47 Å². The maximum Gasteiger partial charge on any atom is 0.171 e. The van der Waals surface area contributed by atoms with E-state index in [1.807, 2.05) is 0 Å². The lowest BCUT2D eigenvalue weighted by molar-refractivity contribution is -0.116. The summed E-state index contributed by atoms with van der Waals surface area (Å²) in [6.07, 6.45) is 1.81. The summed E-state index contributed by atoms with van der Waals surface area (Å²) >= 11 is 0. The molecule has 0 aliphatic carbocycles. The number of benzene rings is 1. The molecule has 1 aliphatic heterocycles. The Balaban J connectivity index is 2.48. The number of fused-ring (bicyclic) bond motifs is 1. The van der Waals surface area contributed by atoms with Crippen LogP contribution in [-0.2, 0) is 11.2 Å². The SMILES string of the molecule is CC(=O)Cc1ccc(C=O)c2c1OCCCO2. The second kappa shape index (κ2) is 4.99. The van der Waals surface area contributed by atoms with Crippen LogP contribution in [0.15, 0.2) is 12.1 Å². The highest BCUT2D eigenvalue weighted by molar-refractivity contribution is 5.84. The first kappa shape index (κ1) is 11.6. The summed E-state index contributed by atoms with van der Waals surface area (Å²) in [5.74, 6) is 1.07. The van der Waals surface area contributed by atoms with E-state index in [9.17, 15) is 9.59 Å². The fourth-order valence-electron chi connectivity index (χ4n) is 1.83. The Morgan fingerprint density at radius 2 is 2.00 bits per heavy atom. The molecule has 0 saturated carbocycles. The van der Waals surface area contributed by atoms with Crippen molar-refractivity contribution in [1.82, 2.24) is 0 Å². The average Bonchev–Trinajstić information content (AvgIpc) is 2.54. The molecule has 0 bridgehead atoms. The summed E-state index contributed by atoms with van der Waals surface area (Å²) in [4.78, 5) is 22.1. The molecule has 90 valence electrons. The van der Waals surface area contributed by atoms with Crippen molar-refractivity contribution in [3.63, 3.8) is 0 Å². The highest BCUT2D eigenvalue weighted by Crippen LogP contribution is 2.36. The Kier molecular flexibility index (Phi) is 3.42. The van der Waals surface area contributed by atoms with Crippen molar-refractivity contribution in [2.24, 2.45) is 0 Å². The van der Waals surface area contributed by atoms with Crippen molar-refractivity contribution in [2.45, 2.75) is 19.8 Å². The molecule has 17 heavy (non-hydrogen) atoms. The third kappa shape index (κ3) is 2.46. The van der Waals surface area contributed by atoms with Gasteiger partial charge in [0.25, 0.3) is 0 Å². The highest BCUT2D eigenvalue weighted by atomic mass is 16.5. The molecule has 0 saturated heterocycles. The molecule has 0 unspecified atom stereocenters. The molecule has 0 fully saturated rings. The molecule has 4 nitrogen and oxygen atoms in total. The van der Waals surface area contributed by atoms with Gasteiger partial charge < -0.3 is 9.47 Å². The molecule has 1 aromatic carbocycles. The topological polar surface area (TPSA) is 52.6 Å². The molecule has 4 heteroatoms. The molecule has 0 radical (unpaired) electrons. The van der Waals surface area contributed by atoms with Crippen molar-refractivity contribution in [1.29, 1.82) is 0 Å². The number of aldehydes is 1. The van der Waals surface area contributed by atoms with Gasteiger partial charge in [-0.15, -0.1) is 0 Å². The minimum absolute atomic E-state index is 0.0545. The number of rotatable bonds is 3. The number of hydrogen-bond acceptors (Lipinski definition) is 4. The number of ether oxygens (including phenoxy) is 2. The van der Waals surface area contributed by atoms with Crippen molar-refractivity contribution in [3.8, 4) is 11.5 Å². The summed E-state index contributed by atoms with van der Waals surface area (Å²) in [6.45, 7) is 2.59. The Morgan fingerprint density at radius 3 is 2.65 bits per heavy atom. The van der Waals surface area contributed by atoms with Gasteiger partial charge in [0.05, 0.1) is 18.8 Å². The van der Waals surface area contributed by atoms with Gasteiger partial charge in [0.15, 0.2) is 17.8 Å². The second-order valence-electron chi connectivity index (χ2n) is 4.02. The van der Waals surface area contributed by atoms with Crippen molar-refractivity contribution in [3.05, 3.63) is 23.3 Å². The molecule has 2 rings (SSSR count). The van der Waals surface area contributed by atoms with E-state index in [-0.39, 0.29) is 5.78 Å². The Bertz CT molecular complexity index is 451. The van der Waals surface area contributed by atoms with Gasteiger partial charge in [0, 0.05) is 18.4 Å². The van der Waals surface area contributed by atoms with Crippen LogP contribution in [-0.4, -0.2) is 25.3 Å². The summed E-state index contributed by atoms with van der Waals surface area (Å²) < 4.78 is 11.1. The van der Waals surface area contributed by atoms with Gasteiger partial charge in [0.1, 0.15) is 5.78 Å². The Labute approximate surface area is 99.5 Å². The molecule has 0 amide bonds. The molecule has 0 N–H and O–H groups in total. The summed E-state index contributed by atoms with van der Waals surface area (Å²) in [6, 6.07) is 3.41. The first-order valence-electron chi connectivity index (χ1n) is 5.58. The summed E-state index contributed by atoms with van der Waals surface area (Å²) in [5.41, 5.74) is 1.24. The molecular formula is C13H14O4. The third-order valence-corrected chi connectivity index (χ3v) is 2.57. The standard InChI is InChI=1S/C13H14O4/c1-9(15)7-10-3-4-11(8-14)13-12(10)16-5-2-6-17-13/h3-4,8H,2,5-7H2,1H3. The largest absolute Gasteiger partial charge is 0.489 e.